The summed E-state index contributed by atoms with van der Waals surface area (Å²) in [7, 11) is -3.03. The van der Waals surface area contributed by atoms with Gasteiger partial charge in [-0.3, -0.25) is 9.69 Å². The fourth-order valence-electron chi connectivity index (χ4n) is 3.32. The number of carbonyl (C=O) groups excluding carboxylic acids is 1. The highest BCUT2D eigenvalue weighted by atomic mass is 32.2. The van der Waals surface area contributed by atoms with Gasteiger partial charge in [0.15, 0.2) is 15.0 Å². The van der Waals surface area contributed by atoms with E-state index in [-0.39, 0.29) is 29.4 Å². The zero-order valence-corrected chi connectivity index (χ0v) is 13.1. The molecule has 5 nitrogen and oxygen atoms in total. The average molecular weight is 322 g/mol. The Labute approximate surface area is 126 Å². The predicted octanol–water partition coefficient (Wildman–Crippen LogP) is 1.75. The molecule has 0 aliphatic carbocycles. The van der Waals surface area contributed by atoms with Crippen LogP contribution < -0.4 is 4.90 Å². The largest absolute Gasteiger partial charge is 0.284 e. The molecule has 1 aromatic carbocycles. The number of benzene rings is 1. The summed E-state index contributed by atoms with van der Waals surface area (Å²) in [6.07, 6.45) is 0.318. The lowest BCUT2D eigenvalue weighted by Crippen LogP contribution is -2.36. The van der Waals surface area contributed by atoms with E-state index in [1.807, 2.05) is 25.1 Å². The van der Waals surface area contributed by atoms with Crippen LogP contribution in [0.4, 0.5) is 5.13 Å². The topological polar surface area (TPSA) is 67.3 Å². The van der Waals surface area contributed by atoms with Crippen LogP contribution in [0, 0.1) is 12.8 Å². The van der Waals surface area contributed by atoms with Crippen molar-refractivity contribution in [2.24, 2.45) is 5.92 Å². The van der Waals surface area contributed by atoms with E-state index in [9.17, 15) is 13.2 Å². The number of carbonyl (C=O) groups is 1. The summed E-state index contributed by atoms with van der Waals surface area (Å²) < 4.78 is 24.6. The van der Waals surface area contributed by atoms with Crippen molar-refractivity contribution in [3.63, 3.8) is 0 Å². The lowest BCUT2D eigenvalue weighted by atomic mass is 10.1. The molecule has 0 radical (unpaired) electrons. The molecule has 0 unspecified atom stereocenters. The summed E-state index contributed by atoms with van der Waals surface area (Å²) in [6, 6.07) is 5.70. The number of anilines is 1. The Kier molecular flexibility index (Phi) is 2.68. The van der Waals surface area contributed by atoms with E-state index in [1.165, 1.54) is 11.3 Å². The molecule has 1 amide bonds. The fourth-order valence-corrected chi connectivity index (χ4v) is 6.50. The molecule has 21 heavy (non-hydrogen) atoms. The standard InChI is InChI=1S/C14H14N2O3S2/c1-8-3-2-4-11-13(8)15-14(20-11)16-10-7-21(18,19)6-9(10)5-12(16)17/h2-4,9-10H,5-7H2,1H3/t9-,10-/m0/s1. The van der Waals surface area contributed by atoms with Gasteiger partial charge in [0.05, 0.1) is 27.8 Å². The molecule has 2 atom stereocenters. The Morgan fingerprint density at radius 3 is 2.90 bits per heavy atom. The second-order valence-corrected chi connectivity index (χ2v) is 8.95. The first kappa shape index (κ1) is 13.2. The lowest BCUT2D eigenvalue weighted by Gasteiger charge is -2.19. The normalized spacial score (nSPS) is 27.5. The summed E-state index contributed by atoms with van der Waals surface area (Å²) in [5.41, 5.74) is 1.96. The number of rotatable bonds is 1. The Bertz CT molecular complexity index is 856. The number of hydrogen-bond donors (Lipinski definition) is 0. The number of sulfone groups is 1. The highest BCUT2D eigenvalue weighted by Crippen LogP contribution is 2.40. The molecule has 0 saturated carbocycles. The van der Waals surface area contributed by atoms with Gasteiger partial charge in [-0.2, -0.15) is 0 Å². The van der Waals surface area contributed by atoms with Gasteiger partial charge in [0, 0.05) is 12.3 Å². The molecular weight excluding hydrogens is 308 g/mol. The van der Waals surface area contributed by atoms with Crippen molar-refractivity contribution in [3.05, 3.63) is 23.8 Å². The zero-order chi connectivity index (χ0) is 14.8. The number of amides is 1. The van der Waals surface area contributed by atoms with Crippen LogP contribution in [0.5, 0.6) is 0 Å². The van der Waals surface area contributed by atoms with Gasteiger partial charge in [-0.15, -0.1) is 0 Å². The van der Waals surface area contributed by atoms with E-state index in [0.717, 1.165) is 15.8 Å². The van der Waals surface area contributed by atoms with E-state index in [1.54, 1.807) is 4.90 Å². The summed E-state index contributed by atoms with van der Waals surface area (Å²) in [5.74, 6) is 0.120. The molecule has 3 heterocycles. The molecule has 110 valence electrons. The van der Waals surface area contributed by atoms with Gasteiger partial charge in [0.2, 0.25) is 5.91 Å². The van der Waals surface area contributed by atoms with Gasteiger partial charge in [-0.25, -0.2) is 13.4 Å². The average Bonchev–Trinajstić information content (AvgIpc) is 2.99. The highest BCUT2D eigenvalue weighted by molar-refractivity contribution is 7.91. The van der Waals surface area contributed by atoms with Crippen molar-refractivity contribution < 1.29 is 13.2 Å². The van der Waals surface area contributed by atoms with Crippen molar-refractivity contribution in [1.82, 2.24) is 4.98 Å². The van der Waals surface area contributed by atoms with Crippen LogP contribution in [0.1, 0.15) is 12.0 Å². The Hall–Kier alpha value is -1.47. The van der Waals surface area contributed by atoms with Crippen molar-refractivity contribution in [1.29, 1.82) is 0 Å². The van der Waals surface area contributed by atoms with Gasteiger partial charge in [0.1, 0.15) is 0 Å². The molecule has 0 spiro atoms. The number of aryl methyl sites for hydroxylation is 1. The summed E-state index contributed by atoms with van der Waals surface area (Å²) in [5, 5.41) is 0.633. The Morgan fingerprint density at radius 2 is 2.14 bits per heavy atom. The first-order valence-corrected chi connectivity index (χ1v) is 9.47. The molecule has 2 saturated heterocycles. The smallest absolute Gasteiger partial charge is 0.229 e. The quantitative estimate of drug-likeness (QED) is 0.802. The molecule has 7 heteroatoms. The van der Waals surface area contributed by atoms with Crippen LogP contribution in [0.25, 0.3) is 10.2 Å². The maximum atomic E-state index is 12.3. The van der Waals surface area contributed by atoms with Crippen LogP contribution in [0.2, 0.25) is 0 Å². The van der Waals surface area contributed by atoms with Gasteiger partial charge < -0.3 is 0 Å². The molecule has 2 aromatic rings. The van der Waals surface area contributed by atoms with E-state index >= 15 is 0 Å². The molecule has 2 aliphatic heterocycles. The van der Waals surface area contributed by atoms with Crippen LogP contribution in [-0.4, -0.2) is 36.9 Å². The first-order chi connectivity index (χ1) is 9.94. The summed E-state index contributed by atoms with van der Waals surface area (Å²) >= 11 is 1.46. The van der Waals surface area contributed by atoms with Crippen LogP contribution in [0.15, 0.2) is 18.2 Å². The molecular formula is C14H14N2O3S2. The van der Waals surface area contributed by atoms with Crippen molar-refractivity contribution in [3.8, 4) is 0 Å². The second kappa shape index (κ2) is 4.27. The van der Waals surface area contributed by atoms with E-state index in [4.69, 9.17) is 0 Å². The monoisotopic (exact) mass is 322 g/mol. The maximum absolute atomic E-state index is 12.3. The fraction of sp³-hybridized carbons (Fsp3) is 0.429. The maximum Gasteiger partial charge on any atom is 0.229 e. The number of para-hydroxylation sites is 1. The molecule has 1 aromatic heterocycles. The van der Waals surface area contributed by atoms with Crippen molar-refractivity contribution in [2.45, 2.75) is 19.4 Å². The molecule has 2 fully saturated rings. The van der Waals surface area contributed by atoms with E-state index in [2.05, 4.69) is 4.98 Å². The zero-order valence-electron chi connectivity index (χ0n) is 11.4. The number of fused-ring (bicyclic) bond motifs is 2. The minimum absolute atomic E-state index is 0.00314. The molecule has 0 N–H and O–H groups in total. The minimum Gasteiger partial charge on any atom is -0.284 e. The van der Waals surface area contributed by atoms with Gasteiger partial charge in [-0.1, -0.05) is 23.5 Å². The number of aromatic nitrogens is 1. The predicted molar refractivity (Wildman–Crippen MR) is 82.4 cm³/mol. The lowest BCUT2D eigenvalue weighted by molar-refractivity contribution is -0.117. The van der Waals surface area contributed by atoms with Crippen molar-refractivity contribution in [2.75, 3.05) is 16.4 Å². The van der Waals surface area contributed by atoms with Gasteiger partial charge in [0.25, 0.3) is 0 Å². The molecule has 0 bridgehead atoms. The van der Waals surface area contributed by atoms with Gasteiger partial charge in [-0.05, 0) is 18.6 Å². The third-order valence-corrected chi connectivity index (χ3v) is 7.09. The number of hydrogen-bond acceptors (Lipinski definition) is 5. The number of nitrogens with zero attached hydrogens (tertiary/aromatic N) is 2. The van der Waals surface area contributed by atoms with Gasteiger partial charge >= 0.3 is 0 Å². The van der Waals surface area contributed by atoms with Crippen molar-refractivity contribution >= 4 is 42.4 Å². The number of thiazole rings is 1. The summed E-state index contributed by atoms with van der Waals surface area (Å²) in [4.78, 5) is 18.5. The van der Waals surface area contributed by atoms with Crippen LogP contribution >= 0.6 is 11.3 Å². The third kappa shape index (κ3) is 1.98. The Balaban J connectivity index is 1.80. The Morgan fingerprint density at radius 1 is 1.33 bits per heavy atom. The highest BCUT2D eigenvalue weighted by Gasteiger charge is 2.50. The second-order valence-electron chi connectivity index (χ2n) is 5.79. The van der Waals surface area contributed by atoms with Crippen LogP contribution in [0.3, 0.4) is 0 Å². The first-order valence-electron chi connectivity index (χ1n) is 6.83. The molecule has 4 rings (SSSR count). The van der Waals surface area contributed by atoms with E-state index in [0.29, 0.717) is 11.6 Å². The summed E-state index contributed by atoms with van der Waals surface area (Å²) in [6.45, 7) is 1.99. The SMILES string of the molecule is Cc1cccc2sc(N3C(=O)C[C@H]4CS(=O)(=O)C[C@@H]43)nc12. The minimum atomic E-state index is -3.03. The molecule has 2 aliphatic rings. The van der Waals surface area contributed by atoms with Crippen LogP contribution in [-0.2, 0) is 14.6 Å². The third-order valence-electron chi connectivity index (χ3n) is 4.29. The van der Waals surface area contributed by atoms with E-state index < -0.39 is 9.84 Å².